The van der Waals surface area contributed by atoms with Crippen molar-refractivity contribution in [2.75, 3.05) is 90.0 Å². The van der Waals surface area contributed by atoms with Gasteiger partial charge in [0.25, 0.3) is 0 Å². The smallest absolute Gasteiger partial charge is 0.338 e. The third kappa shape index (κ3) is 10.0. The summed E-state index contributed by atoms with van der Waals surface area (Å²) in [6.45, 7) is 12.6. The van der Waals surface area contributed by atoms with E-state index in [-0.39, 0.29) is 36.7 Å². The highest BCUT2D eigenvalue weighted by Gasteiger charge is 2.32. The van der Waals surface area contributed by atoms with Crippen LogP contribution in [0.3, 0.4) is 0 Å². The molecule has 4 N–H and O–H groups in total. The number of ether oxygens (including phenoxy) is 2. The summed E-state index contributed by atoms with van der Waals surface area (Å²) in [5.41, 5.74) is 9.50. The highest BCUT2D eigenvalue weighted by molar-refractivity contribution is 7.92. The Balaban J connectivity index is 0.000000170. The predicted molar refractivity (Wildman–Crippen MR) is 251 cm³/mol. The Morgan fingerprint density at radius 1 is 0.500 bits per heavy atom. The quantitative estimate of drug-likeness (QED) is 0.150. The number of hydrogen-bond donors (Lipinski definition) is 4. The van der Waals surface area contributed by atoms with Crippen LogP contribution in [0, 0.1) is 13.8 Å². The largest absolute Gasteiger partial charge is 0.457 e. The first-order valence-electron chi connectivity index (χ1n) is 23.4. The Morgan fingerprint density at radius 3 is 1.19 bits per heavy atom. The van der Waals surface area contributed by atoms with Crippen LogP contribution in [0.25, 0.3) is 0 Å². The van der Waals surface area contributed by atoms with Crippen LogP contribution in [0.2, 0.25) is 0 Å². The summed E-state index contributed by atoms with van der Waals surface area (Å²) < 4.78 is 58.3. The molecule has 0 amide bonds. The average Bonchev–Trinajstić information content (AvgIpc) is 4.07. The molecule has 6 heterocycles. The highest BCUT2D eigenvalue weighted by Crippen LogP contribution is 2.33. The van der Waals surface area contributed by atoms with E-state index in [9.17, 15) is 46.9 Å². The van der Waals surface area contributed by atoms with E-state index in [0.717, 1.165) is 108 Å². The van der Waals surface area contributed by atoms with E-state index in [1.165, 1.54) is 0 Å². The van der Waals surface area contributed by atoms with Gasteiger partial charge < -0.3 is 29.9 Å². The van der Waals surface area contributed by atoms with Gasteiger partial charge in [0.1, 0.15) is 13.2 Å². The summed E-state index contributed by atoms with van der Waals surface area (Å²) in [5, 5.41) is 43.2. The van der Waals surface area contributed by atoms with Crippen LogP contribution in [-0.4, -0.2) is 159 Å². The van der Waals surface area contributed by atoms with E-state index in [2.05, 4.69) is 19.6 Å². The lowest BCUT2D eigenvalue weighted by atomic mass is 9.95. The molecule has 4 aromatic carbocycles. The molecule has 364 valence electrons. The van der Waals surface area contributed by atoms with Crippen molar-refractivity contribution in [2.24, 2.45) is 0 Å². The van der Waals surface area contributed by atoms with E-state index in [4.69, 9.17) is 9.47 Å². The molecule has 0 spiro atoms. The predicted octanol–water partition coefficient (Wildman–Crippen LogP) is 2.76. The fourth-order valence-electron chi connectivity index (χ4n) is 10.5. The van der Waals surface area contributed by atoms with Gasteiger partial charge in [-0.25, -0.2) is 26.4 Å². The molecule has 0 saturated carbocycles. The SMILES string of the molecule is Cc1c([C@@H](O)CN2CCN(C[C@@H](O)c3ccc4c(c3)CCS4(=O)=O)CC2)ccc2c1COC2=O.Cc1c([C@@H](O)CN2CCN(C[C@H](O)c3ccc4c(c3)CCS4(=O)=O)CC2)ccc2c1COC2=O. The molecule has 10 rings (SSSR count). The average molecular weight is 973 g/mol. The number of nitrogens with zero attached hydrogens (tertiary/aromatic N) is 4. The molecule has 0 aliphatic carbocycles. The van der Waals surface area contributed by atoms with E-state index < -0.39 is 44.1 Å². The normalized spacial score (nSPS) is 21.7. The van der Waals surface area contributed by atoms with Crippen molar-refractivity contribution in [3.8, 4) is 0 Å². The fourth-order valence-corrected chi connectivity index (χ4v) is 13.6. The van der Waals surface area contributed by atoms with Crippen molar-refractivity contribution in [3.05, 3.63) is 127 Å². The number of hydrogen-bond acceptors (Lipinski definition) is 16. The van der Waals surface area contributed by atoms with Crippen LogP contribution in [0.1, 0.15) is 101 Å². The van der Waals surface area contributed by atoms with Gasteiger partial charge >= 0.3 is 11.9 Å². The zero-order chi connectivity index (χ0) is 48.1. The number of carbonyl (C=O) groups is 2. The molecule has 6 aliphatic rings. The van der Waals surface area contributed by atoms with Gasteiger partial charge in [-0.3, -0.25) is 19.6 Å². The third-order valence-corrected chi connectivity index (χ3v) is 18.3. The standard InChI is InChI=1S/2C25H30N2O6S/c2*1-16-19(3-4-20-21(16)15-33-25(20)30)23(29)14-27-9-7-26(8-10-27)13-22(28)17-2-5-24-18(12-17)6-11-34(24,31)32/h2*2-5,12,22-23,28-29H,6-11,13-15H2,1H3/t22-,23+;22-,23-/m10/s1. The highest BCUT2D eigenvalue weighted by atomic mass is 32.2. The Kier molecular flexibility index (Phi) is 14.0. The lowest BCUT2D eigenvalue weighted by molar-refractivity contribution is 0.0480. The Bertz CT molecular complexity index is 2630. The molecule has 16 nitrogen and oxygen atoms in total. The van der Waals surface area contributed by atoms with Crippen LogP contribution in [-0.2, 0) is 55.2 Å². The molecule has 0 bridgehead atoms. The number of aryl methyl sites for hydroxylation is 2. The molecule has 0 unspecified atom stereocenters. The van der Waals surface area contributed by atoms with Gasteiger partial charge in [0, 0.05) is 89.7 Å². The Morgan fingerprint density at radius 2 is 0.838 bits per heavy atom. The number of β-amino-alcohol motifs (C(OH)–C–C–N with tert-alkyl or cyclic N) is 4. The molecular formula is C50H60N4O12S2. The fraction of sp³-hybridized carbons (Fsp3) is 0.480. The molecule has 4 aromatic rings. The molecule has 2 saturated heterocycles. The number of aliphatic hydroxyl groups is 4. The second kappa shape index (κ2) is 19.7. The Labute approximate surface area is 397 Å². The number of carbonyl (C=O) groups excluding carboxylic acids is 2. The van der Waals surface area contributed by atoms with Gasteiger partial charge in [-0.2, -0.15) is 0 Å². The molecule has 0 radical (unpaired) electrons. The minimum Gasteiger partial charge on any atom is -0.457 e. The van der Waals surface area contributed by atoms with Crippen LogP contribution in [0.15, 0.2) is 70.5 Å². The van der Waals surface area contributed by atoms with Crippen LogP contribution in [0.4, 0.5) is 0 Å². The van der Waals surface area contributed by atoms with Gasteiger partial charge in [-0.15, -0.1) is 0 Å². The van der Waals surface area contributed by atoms with Crippen LogP contribution < -0.4 is 0 Å². The first-order valence-corrected chi connectivity index (χ1v) is 26.7. The van der Waals surface area contributed by atoms with Crippen molar-refractivity contribution >= 4 is 31.6 Å². The first kappa shape index (κ1) is 48.4. The van der Waals surface area contributed by atoms with E-state index in [0.29, 0.717) is 59.9 Å². The first-order chi connectivity index (χ1) is 32.5. The van der Waals surface area contributed by atoms with Gasteiger partial charge in [0.15, 0.2) is 19.7 Å². The molecule has 18 heteroatoms. The Hall–Kier alpha value is -4.60. The summed E-state index contributed by atoms with van der Waals surface area (Å²) in [6.07, 6.45) is -1.64. The molecule has 0 aromatic heterocycles. The number of esters is 2. The number of aliphatic hydroxyl groups excluding tert-OH is 4. The third-order valence-electron chi connectivity index (χ3n) is 14.7. The maximum Gasteiger partial charge on any atom is 0.338 e. The maximum atomic E-state index is 12.0. The summed E-state index contributed by atoms with van der Waals surface area (Å²) in [6, 6.07) is 17.5. The monoisotopic (exact) mass is 972 g/mol. The maximum absolute atomic E-state index is 12.0. The number of benzene rings is 4. The zero-order valence-electron chi connectivity index (χ0n) is 38.5. The van der Waals surface area contributed by atoms with E-state index in [1.54, 1.807) is 36.4 Å². The number of fused-ring (bicyclic) bond motifs is 4. The number of cyclic esters (lactones) is 2. The summed E-state index contributed by atoms with van der Waals surface area (Å²) in [5.74, 6) is -0.316. The summed E-state index contributed by atoms with van der Waals surface area (Å²) >= 11 is 0. The zero-order valence-corrected chi connectivity index (χ0v) is 40.1. The molecule has 68 heavy (non-hydrogen) atoms. The van der Waals surface area contributed by atoms with Gasteiger partial charge in [-0.1, -0.05) is 36.4 Å². The minimum atomic E-state index is -3.16. The second-order valence-electron chi connectivity index (χ2n) is 18.9. The lowest BCUT2D eigenvalue weighted by Gasteiger charge is -2.36. The van der Waals surface area contributed by atoms with Crippen molar-refractivity contribution in [1.29, 1.82) is 0 Å². The van der Waals surface area contributed by atoms with Gasteiger partial charge in [-0.05, 0) is 95.5 Å². The summed E-state index contributed by atoms with van der Waals surface area (Å²) in [7, 11) is -6.32. The topological polar surface area (TPSA) is 215 Å². The summed E-state index contributed by atoms with van der Waals surface area (Å²) in [4.78, 5) is 33.1. The van der Waals surface area contributed by atoms with Crippen molar-refractivity contribution in [3.63, 3.8) is 0 Å². The van der Waals surface area contributed by atoms with Gasteiger partial charge in [0.2, 0.25) is 0 Å². The van der Waals surface area contributed by atoms with E-state index >= 15 is 0 Å². The van der Waals surface area contributed by atoms with Crippen molar-refractivity contribution < 1.29 is 56.3 Å². The van der Waals surface area contributed by atoms with Crippen molar-refractivity contribution in [2.45, 2.75) is 74.1 Å². The number of sulfone groups is 2. The second-order valence-corrected chi connectivity index (χ2v) is 23.1. The minimum absolute atomic E-state index is 0.145. The molecule has 2 fully saturated rings. The van der Waals surface area contributed by atoms with Crippen LogP contribution in [0.5, 0.6) is 0 Å². The van der Waals surface area contributed by atoms with E-state index in [1.807, 2.05) is 38.1 Å². The molecule has 6 aliphatic heterocycles. The number of rotatable bonds is 12. The van der Waals surface area contributed by atoms with Gasteiger partial charge in [0.05, 0.1) is 56.8 Å². The van der Waals surface area contributed by atoms with Crippen molar-refractivity contribution in [1.82, 2.24) is 19.6 Å². The van der Waals surface area contributed by atoms with Crippen LogP contribution >= 0.6 is 0 Å². The number of piperazine rings is 2. The molecular weight excluding hydrogens is 913 g/mol. The molecule has 4 atom stereocenters. The lowest BCUT2D eigenvalue weighted by Crippen LogP contribution is -2.48.